The summed E-state index contributed by atoms with van der Waals surface area (Å²) in [6, 6.07) is 4.02. The van der Waals surface area contributed by atoms with Gasteiger partial charge in [0.1, 0.15) is 0 Å². The van der Waals surface area contributed by atoms with Crippen LogP contribution in [0.1, 0.15) is 30.7 Å². The first-order chi connectivity index (χ1) is 9.04. The number of pyridine rings is 1. The molecule has 0 N–H and O–H groups in total. The molecule has 0 radical (unpaired) electrons. The van der Waals surface area contributed by atoms with Crippen molar-refractivity contribution < 1.29 is 4.74 Å². The van der Waals surface area contributed by atoms with Gasteiger partial charge in [0.05, 0.1) is 6.10 Å². The Balaban J connectivity index is 2.26. The zero-order valence-electron chi connectivity index (χ0n) is 11.2. The maximum Gasteiger partial charge on any atom is 0.225 e. The molecule has 2 aromatic heterocycles. The number of ether oxygens (including phenoxy) is 1. The summed E-state index contributed by atoms with van der Waals surface area (Å²) >= 11 is 5.81. The van der Waals surface area contributed by atoms with Gasteiger partial charge in [0, 0.05) is 30.1 Å². The summed E-state index contributed by atoms with van der Waals surface area (Å²) in [5.74, 6) is 0.538. The minimum absolute atomic E-state index is 0.0425. The van der Waals surface area contributed by atoms with Gasteiger partial charge in [-0.05, 0) is 44.0 Å². The smallest absolute Gasteiger partial charge is 0.225 e. The van der Waals surface area contributed by atoms with E-state index in [1.165, 1.54) is 0 Å². The number of hydrogen-bond donors (Lipinski definition) is 0. The molecule has 0 spiro atoms. The monoisotopic (exact) mass is 277 g/mol. The minimum atomic E-state index is 0.0425. The Morgan fingerprint density at radius 2 is 2.00 bits per heavy atom. The lowest BCUT2D eigenvalue weighted by Crippen LogP contribution is -2.10. The molecule has 0 bridgehead atoms. The molecule has 2 aromatic rings. The van der Waals surface area contributed by atoms with Crippen LogP contribution in [0.4, 0.5) is 0 Å². The number of rotatable bonds is 4. The lowest BCUT2D eigenvalue weighted by atomic mass is 10.1. The Kier molecular flexibility index (Phi) is 4.32. The SMILES string of the molecule is Cc1ccc(Cc2cnc(Cl)nc2OC(C)C)cn1. The van der Waals surface area contributed by atoms with Crippen molar-refractivity contribution in [3.8, 4) is 5.88 Å². The third kappa shape index (κ3) is 3.89. The highest BCUT2D eigenvalue weighted by Crippen LogP contribution is 2.21. The lowest BCUT2D eigenvalue weighted by Gasteiger charge is -2.12. The van der Waals surface area contributed by atoms with E-state index in [0.29, 0.717) is 12.3 Å². The summed E-state index contributed by atoms with van der Waals surface area (Å²) in [5.41, 5.74) is 2.99. The number of hydrogen-bond acceptors (Lipinski definition) is 4. The fourth-order valence-electron chi connectivity index (χ4n) is 1.64. The predicted octanol–water partition coefficient (Wildman–Crippen LogP) is 3.21. The highest BCUT2D eigenvalue weighted by atomic mass is 35.5. The van der Waals surface area contributed by atoms with Crippen LogP contribution < -0.4 is 4.74 Å². The van der Waals surface area contributed by atoms with Gasteiger partial charge in [-0.3, -0.25) is 4.98 Å². The van der Waals surface area contributed by atoms with Crippen molar-refractivity contribution in [1.82, 2.24) is 15.0 Å². The van der Waals surface area contributed by atoms with Gasteiger partial charge in [-0.2, -0.15) is 4.98 Å². The second-order valence-corrected chi connectivity index (χ2v) is 4.96. The van der Waals surface area contributed by atoms with Crippen molar-refractivity contribution >= 4 is 11.6 Å². The minimum Gasteiger partial charge on any atom is -0.475 e. The molecular formula is C14H16ClN3O. The van der Waals surface area contributed by atoms with E-state index in [2.05, 4.69) is 15.0 Å². The summed E-state index contributed by atoms with van der Waals surface area (Å²) in [4.78, 5) is 12.4. The quantitative estimate of drug-likeness (QED) is 0.805. The van der Waals surface area contributed by atoms with E-state index in [0.717, 1.165) is 16.8 Å². The van der Waals surface area contributed by atoms with Crippen LogP contribution in [0.3, 0.4) is 0 Å². The summed E-state index contributed by atoms with van der Waals surface area (Å²) in [6.45, 7) is 5.86. The first-order valence-corrected chi connectivity index (χ1v) is 6.52. The third-order valence-corrected chi connectivity index (χ3v) is 2.69. The number of halogens is 1. The van der Waals surface area contributed by atoms with E-state index in [1.54, 1.807) is 6.20 Å². The third-order valence-electron chi connectivity index (χ3n) is 2.51. The van der Waals surface area contributed by atoms with Crippen LogP contribution in [0, 0.1) is 6.92 Å². The largest absolute Gasteiger partial charge is 0.475 e. The first-order valence-electron chi connectivity index (χ1n) is 6.14. The second-order valence-electron chi connectivity index (χ2n) is 4.62. The van der Waals surface area contributed by atoms with Crippen LogP contribution in [-0.2, 0) is 6.42 Å². The van der Waals surface area contributed by atoms with Gasteiger partial charge in [0.15, 0.2) is 0 Å². The van der Waals surface area contributed by atoms with Gasteiger partial charge in [0.25, 0.3) is 0 Å². The van der Waals surface area contributed by atoms with Crippen molar-refractivity contribution in [2.45, 2.75) is 33.3 Å². The average Bonchev–Trinajstić information content (AvgIpc) is 2.34. The van der Waals surface area contributed by atoms with Gasteiger partial charge in [0.2, 0.25) is 11.2 Å². The van der Waals surface area contributed by atoms with Gasteiger partial charge in [-0.25, -0.2) is 4.98 Å². The molecule has 0 amide bonds. The van der Waals surface area contributed by atoms with Gasteiger partial charge < -0.3 is 4.74 Å². The zero-order chi connectivity index (χ0) is 13.8. The molecule has 0 aromatic carbocycles. The molecule has 0 atom stereocenters. The molecule has 0 aliphatic carbocycles. The van der Waals surface area contributed by atoms with Crippen LogP contribution in [0.15, 0.2) is 24.5 Å². The Morgan fingerprint density at radius 3 is 2.63 bits per heavy atom. The van der Waals surface area contributed by atoms with Crippen molar-refractivity contribution in [2.24, 2.45) is 0 Å². The molecule has 100 valence electrons. The zero-order valence-corrected chi connectivity index (χ0v) is 12.0. The van der Waals surface area contributed by atoms with E-state index in [-0.39, 0.29) is 11.4 Å². The maximum atomic E-state index is 5.81. The second kappa shape index (κ2) is 5.97. The van der Waals surface area contributed by atoms with Crippen molar-refractivity contribution in [3.05, 3.63) is 46.6 Å². The summed E-state index contributed by atoms with van der Waals surface area (Å²) in [7, 11) is 0. The normalized spacial score (nSPS) is 10.8. The van der Waals surface area contributed by atoms with E-state index >= 15 is 0 Å². The van der Waals surface area contributed by atoms with Gasteiger partial charge >= 0.3 is 0 Å². The average molecular weight is 278 g/mol. The standard InChI is InChI=1S/C14H16ClN3O/c1-9(2)19-13-12(8-17-14(15)18-13)6-11-5-4-10(3)16-7-11/h4-5,7-9H,6H2,1-3H3. The molecule has 0 saturated heterocycles. The molecular weight excluding hydrogens is 262 g/mol. The van der Waals surface area contributed by atoms with Gasteiger partial charge in [-0.15, -0.1) is 0 Å². The van der Waals surface area contributed by atoms with Crippen molar-refractivity contribution in [1.29, 1.82) is 0 Å². The molecule has 5 heteroatoms. The fraction of sp³-hybridized carbons (Fsp3) is 0.357. The number of nitrogens with zero attached hydrogens (tertiary/aromatic N) is 3. The van der Waals surface area contributed by atoms with Crippen LogP contribution >= 0.6 is 11.6 Å². The predicted molar refractivity (Wildman–Crippen MR) is 74.6 cm³/mol. The number of aromatic nitrogens is 3. The molecule has 0 unspecified atom stereocenters. The fourth-order valence-corrected chi connectivity index (χ4v) is 1.77. The Hall–Kier alpha value is -1.68. The first kappa shape index (κ1) is 13.7. The summed E-state index contributed by atoms with van der Waals surface area (Å²) in [6.07, 6.45) is 4.27. The maximum absolute atomic E-state index is 5.81. The van der Waals surface area contributed by atoms with E-state index in [1.807, 2.05) is 39.1 Å². The van der Waals surface area contributed by atoms with E-state index < -0.39 is 0 Å². The molecule has 2 rings (SSSR count). The molecule has 0 aliphatic rings. The van der Waals surface area contributed by atoms with Crippen molar-refractivity contribution in [2.75, 3.05) is 0 Å². The molecule has 2 heterocycles. The molecule has 4 nitrogen and oxygen atoms in total. The molecule has 0 saturated carbocycles. The van der Waals surface area contributed by atoms with E-state index in [4.69, 9.17) is 16.3 Å². The molecule has 0 aliphatic heterocycles. The topological polar surface area (TPSA) is 47.9 Å². The molecule has 19 heavy (non-hydrogen) atoms. The Labute approximate surface area is 117 Å². The van der Waals surface area contributed by atoms with E-state index in [9.17, 15) is 0 Å². The van der Waals surface area contributed by atoms with Crippen LogP contribution in [0.25, 0.3) is 0 Å². The van der Waals surface area contributed by atoms with Gasteiger partial charge in [-0.1, -0.05) is 6.07 Å². The Bertz CT molecular complexity index is 555. The highest BCUT2D eigenvalue weighted by molar-refractivity contribution is 6.28. The number of aryl methyl sites for hydroxylation is 1. The van der Waals surface area contributed by atoms with Crippen LogP contribution in [0.2, 0.25) is 5.28 Å². The van der Waals surface area contributed by atoms with Crippen LogP contribution in [0.5, 0.6) is 5.88 Å². The van der Waals surface area contributed by atoms with Crippen LogP contribution in [-0.4, -0.2) is 21.1 Å². The Morgan fingerprint density at radius 1 is 1.21 bits per heavy atom. The summed E-state index contributed by atoms with van der Waals surface area (Å²) in [5, 5.41) is 0.196. The summed E-state index contributed by atoms with van der Waals surface area (Å²) < 4.78 is 5.67. The lowest BCUT2D eigenvalue weighted by molar-refractivity contribution is 0.230. The molecule has 0 fully saturated rings. The highest BCUT2D eigenvalue weighted by Gasteiger charge is 2.10. The van der Waals surface area contributed by atoms with Crippen molar-refractivity contribution in [3.63, 3.8) is 0 Å².